The van der Waals surface area contributed by atoms with Crippen LogP contribution in [-0.4, -0.2) is 17.6 Å². The highest BCUT2D eigenvalue weighted by atomic mass is 14.9. The van der Waals surface area contributed by atoms with Crippen molar-refractivity contribution in [3.63, 3.8) is 0 Å². The molecule has 0 aliphatic heterocycles. The summed E-state index contributed by atoms with van der Waals surface area (Å²) in [7, 11) is 0. The average molecular weight is 266 g/mol. The third kappa shape index (κ3) is 2.45. The van der Waals surface area contributed by atoms with Crippen LogP contribution in [0.4, 0.5) is 0 Å². The van der Waals surface area contributed by atoms with E-state index < -0.39 is 0 Å². The van der Waals surface area contributed by atoms with Crippen molar-refractivity contribution in [2.24, 2.45) is 5.92 Å². The minimum Gasteiger partial charge on any atom is -0.314 e. The summed E-state index contributed by atoms with van der Waals surface area (Å²) >= 11 is 0. The predicted molar refractivity (Wildman–Crippen MR) is 82.8 cm³/mol. The summed E-state index contributed by atoms with van der Waals surface area (Å²) in [6.45, 7) is 1.20. The quantitative estimate of drug-likeness (QED) is 0.908. The van der Waals surface area contributed by atoms with Crippen molar-refractivity contribution in [1.82, 2.24) is 10.3 Å². The zero-order chi connectivity index (χ0) is 13.4. The molecule has 1 N–H and O–H groups in total. The van der Waals surface area contributed by atoms with E-state index in [4.69, 9.17) is 0 Å². The Labute approximate surface area is 120 Å². The van der Waals surface area contributed by atoms with E-state index >= 15 is 0 Å². The van der Waals surface area contributed by atoms with E-state index in [2.05, 4.69) is 46.8 Å². The summed E-state index contributed by atoms with van der Waals surface area (Å²) in [5, 5.41) is 5.00. The lowest BCUT2D eigenvalue weighted by Gasteiger charge is -2.20. The largest absolute Gasteiger partial charge is 0.314 e. The molecule has 0 bridgehead atoms. The molecule has 2 fully saturated rings. The van der Waals surface area contributed by atoms with Crippen molar-refractivity contribution in [3.8, 4) is 0 Å². The first kappa shape index (κ1) is 12.3. The van der Waals surface area contributed by atoms with E-state index in [1.807, 2.05) is 0 Å². The first-order valence-electron chi connectivity index (χ1n) is 7.98. The molecule has 2 atom stereocenters. The van der Waals surface area contributed by atoms with Crippen LogP contribution >= 0.6 is 0 Å². The van der Waals surface area contributed by atoms with Gasteiger partial charge in [0, 0.05) is 17.6 Å². The first-order chi connectivity index (χ1) is 9.90. The van der Waals surface area contributed by atoms with Crippen LogP contribution in [-0.2, 0) is 0 Å². The highest BCUT2D eigenvalue weighted by Crippen LogP contribution is 2.40. The van der Waals surface area contributed by atoms with Gasteiger partial charge in [-0.2, -0.15) is 0 Å². The van der Waals surface area contributed by atoms with Gasteiger partial charge in [-0.15, -0.1) is 0 Å². The van der Waals surface area contributed by atoms with Gasteiger partial charge < -0.3 is 5.32 Å². The summed E-state index contributed by atoms with van der Waals surface area (Å²) in [6, 6.07) is 11.6. The first-order valence-corrected chi connectivity index (χ1v) is 7.98. The number of nitrogens with zero attached hydrogens (tertiary/aromatic N) is 1. The molecule has 2 aliphatic rings. The third-order valence-corrected chi connectivity index (χ3v) is 4.94. The number of rotatable bonds is 4. The molecule has 0 spiro atoms. The van der Waals surface area contributed by atoms with Crippen LogP contribution in [0.2, 0.25) is 0 Å². The Morgan fingerprint density at radius 1 is 1.10 bits per heavy atom. The van der Waals surface area contributed by atoms with E-state index in [1.54, 1.807) is 0 Å². The Bertz CT molecular complexity index is 603. The molecule has 2 saturated carbocycles. The minimum absolute atomic E-state index is 0.707. The lowest BCUT2D eigenvalue weighted by molar-refractivity contribution is 0.442. The highest BCUT2D eigenvalue weighted by molar-refractivity contribution is 5.78. The maximum absolute atomic E-state index is 4.65. The molecule has 4 rings (SSSR count). The summed E-state index contributed by atoms with van der Waals surface area (Å²) in [6.07, 6.45) is 8.95. The molecule has 2 aliphatic carbocycles. The van der Waals surface area contributed by atoms with Gasteiger partial charge in [-0.3, -0.25) is 4.98 Å². The number of benzene rings is 1. The Morgan fingerprint density at radius 3 is 2.90 bits per heavy atom. The van der Waals surface area contributed by atoms with Crippen molar-refractivity contribution in [2.75, 3.05) is 6.54 Å². The lowest BCUT2D eigenvalue weighted by atomic mass is 9.89. The van der Waals surface area contributed by atoms with Crippen molar-refractivity contribution in [2.45, 2.75) is 44.1 Å². The molecule has 2 aromatic rings. The summed E-state index contributed by atoms with van der Waals surface area (Å²) < 4.78 is 0. The van der Waals surface area contributed by atoms with Crippen LogP contribution < -0.4 is 5.32 Å². The van der Waals surface area contributed by atoms with Crippen LogP contribution in [0.25, 0.3) is 10.9 Å². The molecule has 1 aromatic heterocycles. The van der Waals surface area contributed by atoms with Crippen LogP contribution in [0.5, 0.6) is 0 Å². The molecular weight excluding hydrogens is 244 g/mol. The van der Waals surface area contributed by atoms with Crippen LogP contribution in [0.3, 0.4) is 0 Å². The lowest BCUT2D eigenvalue weighted by Crippen LogP contribution is -2.26. The van der Waals surface area contributed by atoms with E-state index in [0.717, 1.165) is 17.5 Å². The molecular formula is C18H22N2. The second kappa shape index (κ2) is 5.17. The van der Waals surface area contributed by atoms with Crippen molar-refractivity contribution in [1.29, 1.82) is 0 Å². The van der Waals surface area contributed by atoms with Gasteiger partial charge in [-0.05, 0) is 61.8 Å². The predicted octanol–water partition coefficient (Wildman–Crippen LogP) is 3.87. The molecule has 0 amide bonds. The van der Waals surface area contributed by atoms with E-state index in [9.17, 15) is 0 Å². The standard InChI is InChI=1S/C18H22N2/c1-2-7-18-13(4-1)10-15(12-20-18)17-6-3-5-14(17)11-19-16-8-9-16/h1-2,4,7,10,12,14,16-17,19H,3,5-6,8-9,11H2. The second-order valence-electron chi connectivity index (χ2n) is 6.44. The van der Waals surface area contributed by atoms with Gasteiger partial charge in [-0.1, -0.05) is 24.6 Å². The Kier molecular flexibility index (Phi) is 3.19. The number of para-hydroxylation sites is 1. The monoisotopic (exact) mass is 266 g/mol. The number of nitrogens with one attached hydrogen (secondary N) is 1. The fourth-order valence-electron chi connectivity index (χ4n) is 3.62. The molecule has 1 heterocycles. The number of fused-ring (bicyclic) bond motifs is 1. The molecule has 20 heavy (non-hydrogen) atoms. The fourth-order valence-corrected chi connectivity index (χ4v) is 3.62. The molecule has 0 saturated heterocycles. The number of hydrogen-bond acceptors (Lipinski definition) is 2. The average Bonchev–Trinajstić information content (AvgIpc) is 3.21. The maximum Gasteiger partial charge on any atom is 0.0702 e. The van der Waals surface area contributed by atoms with Crippen molar-refractivity contribution in [3.05, 3.63) is 42.1 Å². The summed E-state index contributed by atoms with van der Waals surface area (Å²) in [5.41, 5.74) is 2.56. The topological polar surface area (TPSA) is 24.9 Å². The fraction of sp³-hybridized carbons (Fsp3) is 0.500. The second-order valence-corrected chi connectivity index (χ2v) is 6.44. The van der Waals surface area contributed by atoms with Gasteiger partial charge in [0.2, 0.25) is 0 Å². The molecule has 2 heteroatoms. The van der Waals surface area contributed by atoms with Gasteiger partial charge in [-0.25, -0.2) is 0 Å². The Balaban J connectivity index is 1.56. The zero-order valence-electron chi connectivity index (χ0n) is 11.9. The zero-order valence-corrected chi connectivity index (χ0v) is 11.9. The van der Waals surface area contributed by atoms with Gasteiger partial charge in [0.25, 0.3) is 0 Å². The SMILES string of the molecule is c1ccc2ncc(C3CCCC3CNC3CC3)cc2c1. The molecule has 2 unspecified atom stereocenters. The minimum atomic E-state index is 0.707. The van der Waals surface area contributed by atoms with Gasteiger partial charge in [0.1, 0.15) is 0 Å². The van der Waals surface area contributed by atoms with Crippen molar-refractivity contribution < 1.29 is 0 Å². The van der Waals surface area contributed by atoms with Gasteiger partial charge in [0.15, 0.2) is 0 Å². The summed E-state index contributed by atoms with van der Waals surface area (Å²) in [4.78, 5) is 4.65. The van der Waals surface area contributed by atoms with Crippen LogP contribution in [0, 0.1) is 5.92 Å². The van der Waals surface area contributed by atoms with E-state index in [0.29, 0.717) is 5.92 Å². The number of aromatic nitrogens is 1. The van der Waals surface area contributed by atoms with Crippen molar-refractivity contribution >= 4 is 10.9 Å². The van der Waals surface area contributed by atoms with Gasteiger partial charge >= 0.3 is 0 Å². The number of hydrogen-bond donors (Lipinski definition) is 1. The molecule has 0 radical (unpaired) electrons. The summed E-state index contributed by atoms with van der Waals surface area (Å²) in [5.74, 6) is 1.51. The molecule has 104 valence electrons. The molecule has 2 nitrogen and oxygen atoms in total. The normalized spacial score (nSPS) is 26.2. The van der Waals surface area contributed by atoms with E-state index in [1.165, 1.54) is 49.6 Å². The van der Waals surface area contributed by atoms with Crippen LogP contribution in [0.1, 0.15) is 43.6 Å². The molecule has 1 aromatic carbocycles. The maximum atomic E-state index is 4.65. The van der Waals surface area contributed by atoms with E-state index in [-0.39, 0.29) is 0 Å². The van der Waals surface area contributed by atoms with Gasteiger partial charge in [0.05, 0.1) is 5.52 Å². The Hall–Kier alpha value is -1.41. The van der Waals surface area contributed by atoms with Crippen LogP contribution in [0.15, 0.2) is 36.5 Å². The third-order valence-electron chi connectivity index (χ3n) is 4.94. The Morgan fingerprint density at radius 2 is 2.00 bits per heavy atom. The smallest absolute Gasteiger partial charge is 0.0702 e. The highest BCUT2D eigenvalue weighted by Gasteiger charge is 2.30. The number of pyridine rings is 1.